The molecular formula is C16H21N3OS. The van der Waals surface area contributed by atoms with Gasteiger partial charge in [0.25, 0.3) is 0 Å². The molecule has 0 fully saturated rings. The van der Waals surface area contributed by atoms with Gasteiger partial charge in [0, 0.05) is 30.7 Å². The van der Waals surface area contributed by atoms with Crippen molar-refractivity contribution in [3.63, 3.8) is 0 Å². The number of carbonyl (C=O) groups excluding carboxylic acids is 1. The summed E-state index contributed by atoms with van der Waals surface area (Å²) in [5.41, 5.74) is 1.84. The van der Waals surface area contributed by atoms with Crippen molar-refractivity contribution >= 4 is 22.9 Å². The Labute approximate surface area is 129 Å². The Morgan fingerprint density at radius 3 is 2.86 bits per heavy atom. The fourth-order valence-electron chi connectivity index (χ4n) is 2.11. The summed E-state index contributed by atoms with van der Waals surface area (Å²) in [4.78, 5) is 15.5. The van der Waals surface area contributed by atoms with Crippen LogP contribution in [0.3, 0.4) is 0 Å². The predicted octanol–water partition coefficient (Wildman–Crippen LogP) is 3.52. The van der Waals surface area contributed by atoms with Crippen LogP contribution in [0.1, 0.15) is 37.8 Å². The van der Waals surface area contributed by atoms with Crippen molar-refractivity contribution in [1.82, 2.24) is 10.3 Å². The van der Waals surface area contributed by atoms with Crippen molar-refractivity contribution in [3.05, 3.63) is 46.4 Å². The van der Waals surface area contributed by atoms with Gasteiger partial charge in [-0.3, -0.25) is 4.79 Å². The van der Waals surface area contributed by atoms with E-state index in [1.807, 2.05) is 29.8 Å². The zero-order valence-electron chi connectivity index (χ0n) is 12.6. The van der Waals surface area contributed by atoms with E-state index >= 15 is 0 Å². The van der Waals surface area contributed by atoms with Crippen LogP contribution in [-0.4, -0.2) is 10.9 Å². The van der Waals surface area contributed by atoms with Gasteiger partial charge in [-0.25, -0.2) is 4.98 Å². The first kappa shape index (κ1) is 15.7. The average molecular weight is 303 g/mol. The van der Waals surface area contributed by atoms with E-state index in [0.29, 0.717) is 0 Å². The highest BCUT2D eigenvalue weighted by molar-refractivity contribution is 7.09. The summed E-state index contributed by atoms with van der Waals surface area (Å²) < 4.78 is 0. The van der Waals surface area contributed by atoms with Crippen LogP contribution >= 0.6 is 11.3 Å². The second-order valence-corrected chi connectivity index (χ2v) is 6.15. The molecule has 1 aromatic carbocycles. The molecule has 0 radical (unpaired) electrons. The molecule has 0 saturated heterocycles. The minimum atomic E-state index is -0.127. The Morgan fingerprint density at radius 2 is 2.24 bits per heavy atom. The summed E-state index contributed by atoms with van der Waals surface area (Å²) >= 11 is 1.67. The summed E-state index contributed by atoms with van der Waals surface area (Å²) in [6.45, 7) is 6.57. The lowest BCUT2D eigenvalue weighted by molar-refractivity contribution is -0.114. The first-order valence-corrected chi connectivity index (χ1v) is 7.93. The van der Waals surface area contributed by atoms with Crippen molar-refractivity contribution in [2.45, 2.75) is 39.3 Å². The molecule has 0 bridgehead atoms. The summed E-state index contributed by atoms with van der Waals surface area (Å²) in [5, 5.41) is 9.49. The first-order chi connectivity index (χ1) is 10.0. The topological polar surface area (TPSA) is 54.0 Å². The van der Waals surface area contributed by atoms with Crippen molar-refractivity contribution in [3.8, 4) is 0 Å². The molecule has 1 aromatic heterocycles. The van der Waals surface area contributed by atoms with Crippen LogP contribution in [0, 0.1) is 0 Å². The molecule has 1 atom stereocenters. The highest BCUT2D eigenvalue weighted by atomic mass is 32.1. The number of rotatable bonds is 6. The number of thiazole rings is 1. The fraction of sp³-hybridized carbons (Fsp3) is 0.375. The van der Waals surface area contributed by atoms with E-state index in [0.717, 1.165) is 29.2 Å². The van der Waals surface area contributed by atoms with Gasteiger partial charge in [-0.2, -0.15) is 0 Å². The van der Waals surface area contributed by atoms with Gasteiger partial charge in [-0.05, 0) is 31.0 Å². The molecule has 2 N–H and O–H groups in total. The van der Waals surface area contributed by atoms with E-state index in [9.17, 15) is 4.79 Å². The number of nitrogens with zero attached hydrogens (tertiary/aromatic N) is 1. The summed E-state index contributed by atoms with van der Waals surface area (Å²) in [6, 6.07) is 7.89. The number of nitrogens with one attached hydrogen (secondary N) is 2. The largest absolute Gasteiger partial charge is 0.326 e. The SMILES string of the molecule is CC[C@@](C)(NCc1cccc(NC(C)=O)c1)c1nccs1. The lowest BCUT2D eigenvalue weighted by Gasteiger charge is -2.27. The number of amides is 1. The zero-order valence-corrected chi connectivity index (χ0v) is 13.5. The van der Waals surface area contributed by atoms with Gasteiger partial charge in [-0.15, -0.1) is 11.3 Å². The van der Waals surface area contributed by atoms with E-state index in [1.54, 1.807) is 11.3 Å². The van der Waals surface area contributed by atoms with E-state index in [1.165, 1.54) is 6.92 Å². The summed E-state index contributed by atoms with van der Waals surface area (Å²) in [5.74, 6) is -0.0544. The molecule has 0 unspecified atom stereocenters. The monoisotopic (exact) mass is 303 g/mol. The summed E-state index contributed by atoms with van der Waals surface area (Å²) in [6.07, 6.45) is 2.80. The molecule has 1 heterocycles. The van der Waals surface area contributed by atoms with Gasteiger partial charge < -0.3 is 10.6 Å². The molecule has 112 valence electrons. The third kappa shape index (κ3) is 4.12. The van der Waals surface area contributed by atoms with Crippen molar-refractivity contribution < 1.29 is 4.79 Å². The number of hydrogen-bond donors (Lipinski definition) is 2. The lowest BCUT2D eigenvalue weighted by atomic mass is 9.99. The van der Waals surface area contributed by atoms with Crippen LogP contribution in [-0.2, 0) is 16.9 Å². The minimum absolute atomic E-state index is 0.0544. The van der Waals surface area contributed by atoms with Crippen molar-refractivity contribution in [1.29, 1.82) is 0 Å². The Bertz CT molecular complexity index is 597. The minimum Gasteiger partial charge on any atom is -0.326 e. The molecular weight excluding hydrogens is 282 g/mol. The van der Waals surface area contributed by atoms with Gasteiger partial charge in [0.2, 0.25) is 5.91 Å². The Kier molecular flexibility index (Phi) is 5.09. The van der Waals surface area contributed by atoms with E-state index < -0.39 is 0 Å². The molecule has 2 aromatic rings. The molecule has 5 heteroatoms. The Balaban J connectivity index is 2.06. The van der Waals surface area contributed by atoms with Gasteiger partial charge in [-0.1, -0.05) is 19.1 Å². The Hall–Kier alpha value is -1.72. The standard InChI is InChI=1S/C16H21N3OS/c1-4-16(3,15-17-8-9-21-15)18-11-13-6-5-7-14(10-13)19-12(2)20/h5-10,18H,4,11H2,1-3H3,(H,19,20)/t16-/m1/s1. The molecule has 2 rings (SSSR count). The number of aromatic nitrogens is 1. The van der Waals surface area contributed by atoms with E-state index in [4.69, 9.17) is 0 Å². The molecule has 0 aliphatic rings. The quantitative estimate of drug-likeness (QED) is 0.858. The molecule has 1 amide bonds. The van der Waals surface area contributed by atoms with Crippen LogP contribution in [0.5, 0.6) is 0 Å². The number of anilines is 1. The third-order valence-electron chi connectivity index (χ3n) is 3.54. The summed E-state index contributed by atoms with van der Waals surface area (Å²) in [7, 11) is 0. The van der Waals surface area contributed by atoms with E-state index in [2.05, 4.69) is 35.5 Å². The highest BCUT2D eigenvalue weighted by Gasteiger charge is 2.26. The van der Waals surface area contributed by atoms with Crippen molar-refractivity contribution in [2.24, 2.45) is 0 Å². The molecule has 0 aliphatic heterocycles. The molecule has 21 heavy (non-hydrogen) atoms. The maximum Gasteiger partial charge on any atom is 0.221 e. The van der Waals surface area contributed by atoms with Gasteiger partial charge in [0.15, 0.2) is 0 Å². The fourth-order valence-corrected chi connectivity index (χ4v) is 2.96. The highest BCUT2D eigenvalue weighted by Crippen LogP contribution is 2.26. The van der Waals surface area contributed by atoms with Crippen molar-refractivity contribution in [2.75, 3.05) is 5.32 Å². The van der Waals surface area contributed by atoms with Crippen LogP contribution in [0.15, 0.2) is 35.8 Å². The number of benzene rings is 1. The van der Waals surface area contributed by atoms with Gasteiger partial charge in [0.05, 0.1) is 5.54 Å². The average Bonchev–Trinajstić information content (AvgIpc) is 2.99. The van der Waals surface area contributed by atoms with E-state index in [-0.39, 0.29) is 11.4 Å². The first-order valence-electron chi connectivity index (χ1n) is 7.05. The van der Waals surface area contributed by atoms with Crippen LogP contribution < -0.4 is 10.6 Å². The van der Waals surface area contributed by atoms with Crippen LogP contribution in [0.2, 0.25) is 0 Å². The van der Waals surface area contributed by atoms with Crippen LogP contribution in [0.4, 0.5) is 5.69 Å². The third-order valence-corrected chi connectivity index (χ3v) is 4.58. The normalized spacial score (nSPS) is 13.7. The van der Waals surface area contributed by atoms with Gasteiger partial charge in [0.1, 0.15) is 5.01 Å². The smallest absolute Gasteiger partial charge is 0.221 e. The molecule has 0 spiro atoms. The second kappa shape index (κ2) is 6.83. The number of carbonyl (C=O) groups is 1. The lowest BCUT2D eigenvalue weighted by Crippen LogP contribution is -2.38. The maximum atomic E-state index is 11.1. The Morgan fingerprint density at radius 1 is 1.43 bits per heavy atom. The second-order valence-electron chi connectivity index (χ2n) is 5.26. The number of hydrogen-bond acceptors (Lipinski definition) is 4. The molecule has 4 nitrogen and oxygen atoms in total. The molecule has 0 saturated carbocycles. The predicted molar refractivity (Wildman–Crippen MR) is 87.3 cm³/mol. The molecule has 0 aliphatic carbocycles. The van der Waals surface area contributed by atoms with Gasteiger partial charge >= 0.3 is 0 Å². The zero-order chi connectivity index (χ0) is 15.3. The maximum absolute atomic E-state index is 11.1. The van der Waals surface area contributed by atoms with Crippen LogP contribution in [0.25, 0.3) is 0 Å².